The third-order valence-electron chi connectivity index (χ3n) is 9.71. The van der Waals surface area contributed by atoms with Crippen LogP contribution in [0.5, 0.6) is 0 Å². The van der Waals surface area contributed by atoms with Crippen molar-refractivity contribution in [3.8, 4) is 11.4 Å². The molecule has 7 aromatic rings. The Kier molecular flexibility index (Phi) is 7.01. The topological polar surface area (TPSA) is 44.0 Å². The smallest absolute Gasteiger partial charge is 0.197 e. The minimum atomic E-state index is -0.0213. The first-order valence-electron chi connectivity index (χ1n) is 16.3. The third kappa shape index (κ3) is 4.42. The molecule has 0 aliphatic heterocycles. The van der Waals surface area contributed by atoms with Crippen LogP contribution in [0.1, 0.15) is 58.4 Å². The van der Waals surface area contributed by atoms with Crippen molar-refractivity contribution in [3.05, 3.63) is 138 Å². The normalized spacial score (nSPS) is 11.8. The van der Waals surface area contributed by atoms with E-state index in [1.54, 1.807) is 0 Å². The fourth-order valence-corrected chi connectivity index (χ4v) is 7.74. The van der Waals surface area contributed by atoms with Crippen LogP contribution < -0.4 is 10.9 Å². The van der Waals surface area contributed by atoms with E-state index in [2.05, 4.69) is 113 Å². The maximum absolute atomic E-state index is 14.5. The molecule has 0 aliphatic rings. The third-order valence-corrected chi connectivity index (χ3v) is 9.71. The zero-order valence-electron chi connectivity index (χ0n) is 28.1. The van der Waals surface area contributed by atoms with Crippen LogP contribution in [0.2, 0.25) is 0 Å². The van der Waals surface area contributed by atoms with E-state index in [1.807, 2.05) is 24.3 Å². The molecule has 7 rings (SSSR count). The van der Waals surface area contributed by atoms with Crippen molar-refractivity contribution in [2.45, 2.75) is 68.2 Å². The maximum atomic E-state index is 14.5. The van der Waals surface area contributed by atoms with Gasteiger partial charge < -0.3 is 9.13 Å². The summed E-state index contributed by atoms with van der Waals surface area (Å²) < 4.78 is 4.45. The van der Waals surface area contributed by atoms with Gasteiger partial charge in [0, 0.05) is 21.5 Å². The Bertz CT molecular complexity index is 2320. The number of nitrogens with zero attached hydrogens (tertiary/aromatic N) is 2. The molecular formula is C42H40N2O2. The molecule has 0 bridgehead atoms. The van der Waals surface area contributed by atoms with E-state index in [0.29, 0.717) is 21.5 Å². The molecule has 5 aromatic carbocycles. The van der Waals surface area contributed by atoms with Crippen LogP contribution >= 0.6 is 0 Å². The van der Waals surface area contributed by atoms with Crippen molar-refractivity contribution >= 4 is 43.6 Å². The number of aromatic nitrogens is 2. The van der Waals surface area contributed by atoms with Crippen LogP contribution in [0.3, 0.4) is 0 Å². The summed E-state index contributed by atoms with van der Waals surface area (Å²) in [5.41, 5.74) is 14.5. The van der Waals surface area contributed by atoms with Gasteiger partial charge in [-0.2, -0.15) is 0 Å². The molecule has 46 heavy (non-hydrogen) atoms. The molecule has 4 heteroatoms. The standard InChI is InChI=1S/C42H40N2O2/c1-9-29-11-13-31-35(19-29)43(39-25(5)15-23(3)16-26(39)6)37-21-34-38(22-33(37)41(31)45)44(40-27(7)17-24(4)18-28(40)8)36-20-30(10-2)12-14-32(36)42(34)46/h11-22H,9-10H2,1-8H3. The highest BCUT2D eigenvalue weighted by molar-refractivity contribution is 6.05. The van der Waals surface area contributed by atoms with Gasteiger partial charge in [-0.15, -0.1) is 0 Å². The molecule has 0 radical (unpaired) electrons. The number of aryl methyl sites for hydroxylation is 8. The molecule has 0 aliphatic carbocycles. The average Bonchev–Trinajstić information content (AvgIpc) is 3.02. The highest BCUT2D eigenvalue weighted by atomic mass is 16.1. The second-order valence-corrected chi connectivity index (χ2v) is 13.1. The first kappa shape index (κ1) is 29.7. The van der Waals surface area contributed by atoms with Gasteiger partial charge in [0.2, 0.25) is 0 Å². The SMILES string of the molecule is CCc1ccc2c(=O)c3cc4c(cc3n(-c3c(C)cc(C)cc3C)c2c1)c(=O)c1ccc(CC)cc1n4-c1c(C)cc(C)cc1C. The average molecular weight is 605 g/mol. The lowest BCUT2D eigenvalue weighted by Crippen LogP contribution is -2.16. The van der Waals surface area contributed by atoms with Gasteiger partial charge in [0.15, 0.2) is 10.9 Å². The number of fused-ring (bicyclic) bond motifs is 4. The van der Waals surface area contributed by atoms with E-state index >= 15 is 0 Å². The monoisotopic (exact) mass is 604 g/mol. The van der Waals surface area contributed by atoms with Crippen LogP contribution in [-0.4, -0.2) is 9.13 Å². The van der Waals surface area contributed by atoms with Gasteiger partial charge in [-0.1, -0.05) is 61.4 Å². The molecule has 0 unspecified atom stereocenters. The molecular weight excluding hydrogens is 564 g/mol. The fourth-order valence-electron chi connectivity index (χ4n) is 7.74. The van der Waals surface area contributed by atoms with Gasteiger partial charge in [-0.05, 0) is 124 Å². The van der Waals surface area contributed by atoms with Gasteiger partial charge in [-0.25, -0.2) is 0 Å². The zero-order valence-corrected chi connectivity index (χ0v) is 28.1. The van der Waals surface area contributed by atoms with Crippen LogP contribution in [0.25, 0.3) is 55.0 Å². The Morgan fingerprint density at radius 2 is 0.761 bits per heavy atom. The summed E-state index contributed by atoms with van der Waals surface area (Å²) in [6.07, 6.45) is 1.72. The van der Waals surface area contributed by atoms with Crippen molar-refractivity contribution in [3.63, 3.8) is 0 Å². The molecule has 0 saturated heterocycles. The lowest BCUT2D eigenvalue weighted by Gasteiger charge is -2.23. The van der Waals surface area contributed by atoms with E-state index in [0.717, 1.165) is 79.7 Å². The summed E-state index contributed by atoms with van der Waals surface area (Å²) in [5.74, 6) is 0. The summed E-state index contributed by atoms with van der Waals surface area (Å²) in [6.45, 7) is 17.0. The largest absolute Gasteiger partial charge is 0.308 e. The van der Waals surface area contributed by atoms with E-state index in [-0.39, 0.29) is 10.9 Å². The first-order chi connectivity index (χ1) is 22.0. The molecule has 4 nitrogen and oxygen atoms in total. The zero-order chi connectivity index (χ0) is 32.6. The van der Waals surface area contributed by atoms with Gasteiger partial charge >= 0.3 is 0 Å². The minimum absolute atomic E-state index is 0.0213. The molecule has 0 amide bonds. The quantitative estimate of drug-likeness (QED) is 0.188. The lowest BCUT2D eigenvalue weighted by atomic mass is 9.98. The van der Waals surface area contributed by atoms with E-state index in [1.165, 1.54) is 11.1 Å². The van der Waals surface area contributed by atoms with Gasteiger partial charge in [0.25, 0.3) is 0 Å². The van der Waals surface area contributed by atoms with Gasteiger partial charge in [-0.3, -0.25) is 9.59 Å². The summed E-state index contributed by atoms with van der Waals surface area (Å²) >= 11 is 0. The summed E-state index contributed by atoms with van der Waals surface area (Å²) in [5, 5.41) is 2.55. The molecule has 230 valence electrons. The maximum Gasteiger partial charge on any atom is 0.197 e. The highest BCUT2D eigenvalue weighted by Gasteiger charge is 2.21. The van der Waals surface area contributed by atoms with Crippen molar-refractivity contribution in [1.82, 2.24) is 9.13 Å². The van der Waals surface area contributed by atoms with E-state index in [9.17, 15) is 9.59 Å². The predicted octanol–water partition coefficient (Wildman–Crippen LogP) is 9.58. The Balaban J connectivity index is 1.78. The second-order valence-electron chi connectivity index (χ2n) is 13.1. The number of rotatable bonds is 4. The van der Waals surface area contributed by atoms with Crippen LogP contribution in [0, 0.1) is 41.5 Å². The fraction of sp³-hybridized carbons (Fsp3) is 0.238. The first-order valence-corrected chi connectivity index (χ1v) is 16.3. The number of pyridine rings is 2. The van der Waals surface area contributed by atoms with Crippen molar-refractivity contribution in [1.29, 1.82) is 0 Å². The minimum Gasteiger partial charge on any atom is -0.308 e. The Hall–Kier alpha value is -4.96. The molecule has 0 atom stereocenters. The van der Waals surface area contributed by atoms with Crippen LogP contribution in [0.15, 0.2) is 82.4 Å². The van der Waals surface area contributed by atoms with Crippen molar-refractivity contribution in [2.75, 3.05) is 0 Å². The van der Waals surface area contributed by atoms with Crippen molar-refractivity contribution < 1.29 is 0 Å². The molecule has 0 spiro atoms. The van der Waals surface area contributed by atoms with Crippen LogP contribution in [-0.2, 0) is 12.8 Å². The summed E-state index contributed by atoms with van der Waals surface area (Å²) in [7, 11) is 0. The van der Waals surface area contributed by atoms with Gasteiger partial charge in [0.1, 0.15) is 0 Å². The highest BCUT2D eigenvalue weighted by Crippen LogP contribution is 2.35. The molecule has 2 aromatic heterocycles. The van der Waals surface area contributed by atoms with Crippen LogP contribution in [0.4, 0.5) is 0 Å². The Labute approximate surface area is 269 Å². The summed E-state index contributed by atoms with van der Waals surface area (Å²) in [6, 6.07) is 25.1. The Morgan fingerprint density at radius 3 is 1.09 bits per heavy atom. The molecule has 0 saturated carbocycles. The van der Waals surface area contributed by atoms with E-state index in [4.69, 9.17) is 0 Å². The van der Waals surface area contributed by atoms with Gasteiger partial charge in [0.05, 0.1) is 33.4 Å². The summed E-state index contributed by atoms with van der Waals surface area (Å²) in [4.78, 5) is 29.0. The second kappa shape index (κ2) is 10.8. The lowest BCUT2D eigenvalue weighted by molar-refractivity contribution is 1.08. The molecule has 0 N–H and O–H groups in total. The predicted molar refractivity (Wildman–Crippen MR) is 195 cm³/mol. The number of hydrogen-bond acceptors (Lipinski definition) is 2. The number of benzene rings is 5. The van der Waals surface area contributed by atoms with Crippen molar-refractivity contribution in [2.24, 2.45) is 0 Å². The molecule has 0 fully saturated rings. The Morgan fingerprint density at radius 1 is 0.435 bits per heavy atom. The number of hydrogen-bond donors (Lipinski definition) is 0. The molecule has 2 heterocycles. The van der Waals surface area contributed by atoms with E-state index < -0.39 is 0 Å².